The molecule has 1 nitrogen and oxygen atoms in total. The molecule has 0 saturated heterocycles. The maximum absolute atomic E-state index is 13.3. The van der Waals surface area contributed by atoms with Crippen LogP contribution in [0.1, 0.15) is 29.7 Å². The first-order chi connectivity index (χ1) is 10.0. The number of hydrogen-bond acceptors (Lipinski definition) is 1. The summed E-state index contributed by atoms with van der Waals surface area (Å²) in [5.74, 6) is -0.386. The SMILES string of the molecule is CCNC(Cc1ccc(F)c(Cl)c1)c1ccc(Cl)cc1C. The highest BCUT2D eigenvalue weighted by Gasteiger charge is 2.14. The molecule has 0 fully saturated rings. The third-order valence-electron chi connectivity index (χ3n) is 3.48. The highest BCUT2D eigenvalue weighted by atomic mass is 35.5. The molecule has 0 heterocycles. The predicted octanol–water partition coefficient (Wildman–Crippen LogP) is 5.33. The van der Waals surface area contributed by atoms with E-state index in [2.05, 4.69) is 12.2 Å². The largest absolute Gasteiger partial charge is 0.310 e. The van der Waals surface area contributed by atoms with Crippen molar-refractivity contribution >= 4 is 23.2 Å². The van der Waals surface area contributed by atoms with E-state index in [-0.39, 0.29) is 16.9 Å². The fraction of sp³-hybridized carbons (Fsp3) is 0.294. The molecule has 1 unspecified atom stereocenters. The zero-order valence-corrected chi connectivity index (χ0v) is 13.6. The Balaban J connectivity index is 2.28. The molecule has 4 heteroatoms. The Labute approximate surface area is 135 Å². The first kappa shape index (κ1) is 16.3. The minimum absolute atomic E-state index is 0.147. The first-order valence-corrected chi connectivity index (χ1v) is 7.70. The standard InChI is InChI=1S/C17H18Cl2FN/c1-3-21-17(14-6-5-13(18)8-11(14)2)10-12-4-7-16(20)15(19)9-12/h4-9,17,21H,3,10H2,1-2H3. The molecular formula is C17H18Cl2FN. The van der Waals surface area contributed by atoms with Crippen molar-refractivity contribution < 1.29 is 4.39 Å². The fourth-order valence-corrected chi connectivity index (χ4v) is 2.90. The molecular weight excluding hydrogens is 308 g/mol. The van der Waals surface area contributed by atoms with E-state index in [1.54, 1.807) is 12.1 Å². The lowest BCUT2D eigenvalue weighted by Gasteiger charge is -2.21. The molecule has 2 aromatic carbocycles. The Morgan fingerprint density at radius 2 is 1.90 bits per heavy atom. The van der Waals surface area contributed by atoms with Crippen LogP contribution in [0, 0.1) is 12.7 Å². The molecule has 1 N–H and O–H groups in total. The molecule has 0 aliphatic carbocycles. The number of benzene rings is 2. The van der Waals surface area contributed by atoms with Gasteiger partial charge in [-0.15, -0.1) is 0 Å². The monoisotopic (exact) mass is 325 g/mol. The Kier molecular flexibility index (Phi) is 5.63. The highest BCUT2D eigenvalue weighted by molar-refractivity contribution is 6.31. The summed E-state index contributed by atoms with van der Waals surface area (Å²) in [6.07, 6.45) is 0.746. The van der Waals surface area contributed by atoms with Crippen LogP contribution >= 0.6 is 23.2 Å². The van der Waals surface area contributed by atoms with E-state index in [0.29, 0.717) is 0 Å². The summed E-state index contributed by atoms with van der Waals surface area (Å²) in [7, 11) is 0. The number of nitrogens with one attached hydrogen (secondary N) is 1. The van der Waals surface area contributed by atoms with Crippen LogP contribution in [0.25, 0.3) is 0 Å². The predicted molar refractivity (Wildman–Crippen MR) is 87.7 cm³/mol. The van der Waals surface area contributed by atoms with Crippen molar-refractivity contribution in [2.45, 2.75) is 26.3 Å². The van der Waals surface area contributed by atoms with Gasteiger partial charge in [0.05, 0.1) is 5.02 Å². The van der Waals surface area contributed by atoms with Crippen molar-refractivity contribution in [1.82, 2.24) is 5.32 Å². The van der Waals surface area contributed by atoms with Crippen LogP contribution in [0.15, 0.2) is 36.4 Å². The molecule has 0 aliphatic rings. The molecule has 112 valence electrons. The summed E-state index contributed by atoms with van der Waals surface area (Å²) in [6.45, 7) is 4.96. The van der Waals surface area contributed by atoms with E-state index in [4.69, 9.17) is 23.2 Å². The van der Waals surface area contributed by atoms with Crippen molar-refractivity contribution in [2.75, 3.05) is 6.54 Å². The first-order valence-electron chi connectivity index (χ1n) is 6.94. The highest BCUT2D eigenvalue weighted by Crippen LogP contribution is 2.26. The molecule has 0 aromatic heterocycles. The third-order valence-corrected chi connectivity index (χ3v) is 4.01. The molecule has 1 atom stereocenters. The van der Waals surface area contributed by atoms with Crippen LogP contribution in [0.3, 0.4) is 0 Å². The molecule has 0 amide bonds. The summed E-state index contributed by atoms with van der Waals surface area (Å²) in [4.78, 5) is 0. The Morgan fingerprint density at radius 1 is 1.14 bits per heavy atom. The van der Waals surface area contributed by atoms with Gasteiger partial charge in [0.1, 0.15) is 5.82 Å². The van der Waals surface area contributed by atoms with E-state index < -0.39 is 0 Å². The van der Waals surface area contributed by atoms with Crippen LogP contribution in [-0.4, -0.2) is 6.54 Å². The van der Waals surface area contributed by atoms with E-state index >= 15 is 0 Å². The number of rotatable bonds is 5. The molecule has 0 bridgehead atoms. The third kappa shape index (κ3) is 4.19. The number of aryl methyl sites for hydroxylation is 1. The van der Waals surface area contributed by atoms with Crippen LogP contribution < -0.4 is 5.32 Å². The Bertz CT molecular complexity index is 628. The summed E-state index contributed by atoms with van der Waals surface area (Å²) < 4.78 is 13.3. The maximum atomic E-state index is 13.3. The number of likely N-dealkylation sites (N-methyl/N-ethyl adjacent to an activating group) is 1. The second kappa shape index (κ2) is 7.26. The van der Waals surface area contributed by atoms with Crippen molar-refractivity contribution in [1.29, 1.82) is 0 Å². The van der Waals surface area contributed by atoms with Crippen molar-refractivity contribution in [3.63, 3.8) is 0 Å². The average molecular weight is 326 g/mol. The molecule has 0 aliphatic heterocycles. The molecule has 0 saturated carbocycles. The van der Waals surface area contributed by atoms with Gasteiger partial charge in [-0.05, 0) is 60.8 Å². The Morgan fingerprint density at radius 3 is 2.52 bits per heavy atom. The Hall–Kier alpha value is -1.09. The van der Waals surface area contributed by atoms with Gasteiger partial charge < -0.3 is 5.32 Å². The summed E-state index contributed by atoms with van der Waals surface area (Å²) in [5, 5.41) is 4.36. The normalized spacial score (nSPS) is 12.4. The summed E-state index contributed by atoms with van der Waals surface area (Å²) in [6, 6.07) is 10.9. The fourth-order valence-electron chi connectivity index (χ4n) is 2.47. The number of halogens is 3. The van der Waals surface area contributed by atoms with Crippen LogP contribution in [0.2, 0.25) is 10.0 Å². The molecule has 21 heavy (non-hydrogen) atoms. The lowest BCUT2D eigenvalue weighted by molar-refractivity contribution is 0.546. The lowest BCUT2D eigenvalue weighted by Crippen LogP contribution is -2.23. The summed E-state index contributed by atoms with van der Waals surface area (Å²) >= 11 is 11.9. The van der Waals surface area contributed by atoms with E-state index in [1.165, 1.54) is 11.6 Å². The minimum atomic E-state index is -0.386. The van der Waals surface area contributed by atoms with Gasteiger partial charge in [-0.1, -0.05) is 42.3 Å². The van der Waals surface area contributed by atoms with Crippen LogP contribution in [0.5, 0.6) is 0 Å². The van der Waals surface area contributed by atoms with E-state index in [0.717, 1.165) is 29.1 Å². The van der Waals surface area contributed by atoms with E-state index in [1.807, 2.05) is 25.1 Å². The van der Waals surface area contributed by atoms with Crippen molar-refractivity contribution in [2.24, 2.45) is 0 Å². The second-order valence-electron chi connectivity index (χ2n) is 5.06. The van der Waals surface area contributed by atoms with Crippen LogP contribution in [-0.2, 0) is 6.42 Å². The second-order valence-corrected chi connectivity index (χ2v) is 5.91. The summed E-state index contributed by atoms with van der Waals surface area (Å²) in [5.41, 5.74) is 3.34. The average Bonchev–Trinajstić information content (AvgIpc) is 2.42. The van der Waals surface area contributed by atoms with Gasteiger partial charge in [0.2, 0.25) is 0 Å². The van der Waals surface area contributed by atoms with Gasteiger partial charge in [-0.25, -0.2) is 4.39 Å². The van der Waals surface area contributed by atoms with Crippen molar-refractivity contribution in [3.05, 3.63) is 69.0 Å². The maximum Gasteiger partial charge on any atom is 0.141 e. The van der Waals surface area contributed by atoms with Gasteiger partial charge >= 0.3 is 0 Å². The zero-order chi connectivity index (χ0) is 15.4. The van der Waals surface area contributed by atoms with Gasteiger partial charge in [-0.2, -0.15) is 0 Å². The van der Waals surface area contributed by atoms with E-state index in [9.17, 15) is 4.39 Å². The molecule has 2 rings (SSSR count). The van der Waals surface area contributed by atoms with Gasteiger partial charge in [0.15, 0.2) is 0 Å². The zero-order valence-electron chi connectivity index (χ0n) is 12.1. The molecule has 0 spiro atoms. The topological polar surface area (TPSA) is 12.0 Å². The quantitative estimate of drug-likeness (QED) is 0.782. The minimum Gasteiger partial charge on any atom is -0.310 e. The molecule has 2 aromatic rings. The lowest BCUT2D eigenvalue weighted by atomic mass is 9.95. The molecule has 0 radical (unpaired) electrons. The van der Waals surface area contributed by atoms with Gasteiger partial charge in [-0.3, -0.25) is 0 Å². The van der Waals surface area contributed by atoms with Gasteiger partial charge in [0.25, 0.3) is 0 Å². The smallest absolute Gasteiger partial charge is 0.141 e. The van der Waals surface area contributed by atoms with Crippen LogP contribution in [0.4, 0.5) is 4.39 Å². The van der Waals surface area contributed by atoms with Crippen molar-refractivity contribution in [3.8, 4) is 0 Å². The van der Waals surface area contributed by atoms with Gasteiger partial charge in [0, 0.05) is 11.1 Å². The number of hydrogen-bond donors (Lipinski definition) is 1.